The quantitative estimate of drug-likeness (QED) is 0.711. The van der Waals surface area contributed by atoms with E-state index in [9.17, 15) is 4.79 Å². The number of carboxylic acids is 1. The molecule has 0 fully saturated rings. The molecule has 2 N–H and O–H groups in total. The first-order valence-electron chi connectivity index (χ1n) is 3.17. The van der Waals surface area contributed by atoms with Gasteiger partial charge in [0.15, 0.2) is 6.10 Å². The second-order valence-electron chi connectivity index (χ2n) is 2.15. The molecule has 1 aromatic carbocycles. The maximum absolute atomic E-state index is 10.2. The molecule has 0 heterocycles. The molecule has 12 heavy (non-hydrogen) atoms. The number of aliphatic hydroxyl groups excluding tert-OH is 1. The average molecular weight is 242 g/mol. The molecule has 0 amide bonds. The molecule has 0 aliphatic carbocycles. The summed E-state index contributed by atoms with van der Waals surface area (Å²) in [5, 5.41) is 17.4. The molecule has 0 saturated carbocycles. The molecule has 0 radical (unpaired) electrons. The van der Waals surface area contributed by atoms with Crippen molar-refractivity contribution in [3.8, 4) is 0 Å². The van der Waals surface area contributed by atoms with Gasteiger partial charge >= 0.3 is 51.5 Å². The number of carbonyl (C=O) groups is 1. The van der Waals surface area contributed by atoms with Crippen molar-refractivity contribution in [2.24, 2.45) is 0 Å². The van der Waals surface area contributed by atoms with E-state index in [1.54, 1.807) is 30.3 Å². The summed E-state index contributed by atoms with van der Waals surface area (Å²) in [7, 11) is 0. The van der Waals surface area contributed by atoms with Crippen LogP contribution in [0, 0.1) is 0 Å². The molecule has 0 aliphatic heterocycles. The third-order valence-electron chi connectivity index (χ3n) is 1.35. The van der Waals surface area contributed by atoms with Gasteiger partial charge in [0.1, 0.15) is 0 Å². The van der Waals surface area contributed by atoms with Crippen molar-refractivity contribution < 1.29 is 15.0 Å². The molecule has 0 bridgehead atoms. The minimum absolute atomic E-state index is 0. The number of rotatable bonds is 2. The Morgan fingerprint density at radius 1 is 1.25 bits per heavy atom. The van der Waals surface area contributed by atoms with Crippen LogP contribution in [-0.2, 0) is 4.79 Å². The number of hydrogen-bond acceptors (Lipinski definition) is 2. The summed E-state index contributed by atoms with van der Waals surface area (Å²) in [6.07, 6.45) is -1.41. The van der Waals surface area contributed by atoms with Gasteiger partial charge in [-0.1, -0.05) is 30.3 Å². The zero-order valence-electron chi connectivity index (χ0n) is 5.77. The van der Waals surface area contributed by atoms with Gasteiger partial charge in [-0.05, 0) is 5.56 Å². The maximum atomic E-state index is 10.2. The predicted molar refractivity (Wildman–Crippen MR) is 47.6 cm³/mol. The first-order chi connectivity index (χ1) is 5.22. The summed E-state index contributed by atoms with van der Waals surface area (Å²) in [5.41, 5.74) is 0.403. The normalized spacial score (nSPS) is 11.4. The third kappa shape index (κ3) is 3.25. The summed E-state index contributed by atoms with van der Waals surface area (Å²) in [6, 6.07) is 8.26. The molecule has 0 aromatic heterocycles. The van der Waals surface area contributed by atoms with Gasteiger partial charge in [-0.3, -0.25) is 0 Å². The Bertz CT molecular complexity index is 248. The van der Waals surface area contributed by atoms with E-state index in [0.717, 1.165) is 0 Å². The number of aliphatic hydroxyl groups is 1. The molecule has 4 heteroatoms. The number of hydrogen-bond donors (Lipinski definition) is 2. The van der Waals surface area contributed by atoms with E-state index in [1.165, 1.54) is 0 Å². The van der Waals surface area contributed by atoms with Gasteiger partial charge in [-0.25, -0.2) is 4.79 Å². The Kier molecular flexibility index (Phi) is 5.78. The van der Waals surface area contributed by atoms with Crippen molar-refractivity contribution in [3.63, 3.8) is 0 Å². The Morgan fingerprint density at radius 3 is 2.17 bits per heavy atom. The zero-order valence-corrected chi connectivity index (χ0v) is 5.77. The Balaban J connectivity index is 0.00000121. The summed E-state index contributed by atoms with van der Waals surface area (Å²) in [4.78, 5) is 10.2. The molecule has 0 aliphatic rings. The fourth-order valence-corrected chi connectivity index (χ4v) is 0.778. The van der Waals surface area contributed by atoms with Gasteiger partial charge in [0.2, 0.25) is 0 Å². The molecule has 1 rings (SSSR count). The number of carboxylic acid groups (broad SMARTS) is 1. The van der Waals surface area contributed by atoms with Crippen molar-refractivity contribution in [1.29, 1.82) is 0 Å². The van der Waals surface area contributed by atoms with Crippen LogP contribution in [0.1, 0.15) is 11.7 Å². The first kappa shape index (κ1) is 12.1. The summed E-state index contributed by atoms with van der Waals surface area (Å²) in [5.74, 6) is -1.23. The SMILES string of the molecule is O=C(O)[C@H](O)c1ccccc1.[SrH2]. The topological polar surface area (TPSA) is 57.5 Å². The molecule has 62 valence electrons. The first-order valence-corrected chi connectivity index (χ1v) is 3.17. The van der Waals surface area contributed by atoms with Gasteiger partial charge in [0.05, 0.1) is 0 Å². The van der Waals surface area contributed by atoms with Crippen LogP contribution in [0.25, 0.3) is 0 Å². The van der Waals surface area contributed by atoms with Gasteiger partial charge < -0.3 is 10.2 Å². The fourth-order valence-electron chi connectivity index (χ4n) is 0.778. The average Bonchev–Trinajstić information content (AvgIpc) is 2.05. The second-order valence-corrected chi connectivity index (χ2v) is 2.15. The van der Waals surface area contributed by atoms with Crippen LogP contribution in [0.15, 0.2) is 30.3 Å². The molecule has 1 atom stereocenters. The summed E-state index contributed by atoms with van der Waals surface area (Å²) < 4.78 is 0. The van der Waals surface area contributed by atoms with E-state index in [-0.39, 0.29) is 45.5 Å². The van der Waals surface area contributed by atoms with E-state index < -0.39 is 12.1 Å². The van der Waals surface area contributed by atoms with E-state index in [2.05, 4.69) is 0 Å². The van der Waals surface area contributed by atoms with Crippen LogP contribution in [0.5, 0.6) is 0 Å². The molecule has 0 saturated heterocycles. The van der Waals surface area contributed by atoms with Crippen molar-refractivity contribution in [1.82, 2.24) is 0 Å². The van der Waals surface area contributed by atoms with E-state index in [0.29, 0.717) is 5.56 Å². The predicted octanol–water partition coefficient (Wildman–Crippen LogP) is -0.112. The number of aliphatic carboxylic acids is 1. The Labute approximate surface area is 107 Å². The van der Waals surface area contributed by atoms with Gasteiger partial charge in [0, 0.05) is 0 Å². The zero-order chi connectivity index (χ0) is 8.27. The summed E-state index contributed by atoms with van der Waals surface area (Å²) in [6.45, 7) is 0. The van der Waals surface area contributed by atoms with E-state index >= 15 is 0 Å². The van der Waals surface area contributed by atoms with Crippen LogP contribution in [-0.4, -0.2) is 61.7 Å². The monoisotopic (exact) mass is 242 g/mol. The van der Waals surface area contributed by atoms with Gasteiger partial charge in [-0.2, -0.15) is 0 Å². The van der Waals surface area contributed by atoms with Crippen molar-refractivity contribution in [2.75, 3.05) is 0 Å². The standard InChI is InChI=1S/C8H8O3.Sr.2H/c9-7(8(10)11)6-4-2-1-3-5-6;;;/h1-5,7,9H,(H,10,11);;;/t7-;;;/m1.../s1. The Hall–Kier alpha value is 0.131. The molecule has 1 aromatic rings. The van der Waals surface area contributed by atoms with Crippen LogP contribution in [0.3, 0.4) is 0 Å². The number of benzene rings is 1. The summed E-state index contributed by atoms with van der Waals surface area (Å²) >= 11 is 0. The molecule has 0 spiro atoms. The van der Waals surface area contributed by atoms with Crippen LogP contribution in [0.2, 0.25) is 0 Å². The fraction of sp³-hybridized carbons (Fsp3) is 0.125. The van der Waals surface area contributed by atoms with Crippen LogP contribution >= 0.6 is 0 Å². The minimum atomic E-state index is -1.41. The van der Waals surface area contributed by atoms with Gasteiger partial charge in [-0.15, -0.1) is 0 Å². The van der Waals surface area contributed by atoms with E-state index in [4.69, 9.17) is 10.2 Å². The van der Waals surface area contributed by atoms with Crippen molar-refractivity contribution >= 4 is 51.5 Å². The third-order valence-corrected chi connectivity index (χ3v) is 1.35. The van der Waals surface area contributed by atoms with Crippen LogP contribution in [0.4, 0.5) is 0 Å². The molecular weight excluding hydrogens is 232 g/mol. The van der Waals surface area contributed by atoms with Crippen molar-refractivity contribution in [3.05, 3.63) is 35.9 Å². The molecule has 0 unspecified atom stereocenters. The van der Waals surface area contributed by atoms with Crippen molar-refractivity contribution in [2.45, 2.75) is 6.10 Å². The second kappa shape index (κ2) is 5.72. The molecule has 3 nitrogen and oxygen atoms in total. The molecular formula is C8H10O3Sr. The Morgan fingerprint density at radius 2 is 1.75 bits per heavy atom. The van der Waals surface area contributed by atoms with E-state index in [1.807, 2.05) is 0 Å². The van der Waals surface area contributed by atoms with Crippen LogP contribution < -0.4 is 0 Å². The van der Waals surface area contributed by atoms with Gasteiger partial charge in [0.25, 0.3) is 0 Å².